The molecule has 0 spiro atoms. The molecule has 0 unspecified atom stereocenters. The van der Waals surface area contributed by atoms with Gasteiger partial charge in [-0.05, 0) is 55.8 Å². The average molecular weight is 557 g/mol. The van der Waals surface area contributed by atoms with E-state index in [0.717, 1.165) is 56.0 Å². The largest absolute Gasteiger partial charge is 0.494 e. The van der Waals surface area contributed by atoms with Crippen LogP contribution in [-0.4, -0.2) is 85.6 Å². The number of hydrogen-bond donors (Lipinski definition) is 4. The third-order valence-corrected chi connectivity index (χ3v) is 6.45. The number of alkyl halides is 3. The Morgan fingerprint density at radius 1 is 1.08 bits per heavy atom. The number of benzene rings is 2. The molecule has 2 aromatic rings. The molecule has 1 aliphatic carbocycles. The first-order valence-electron chi connectivity index (χ1n) is 12.3. The second kappa shape index (κ2) is 12.5. The summed E-state index contributed by atoms with van der Waals surface area (Å²) in [4.78, 5) is 26.4. The summed E-state index contributed by atoms with van der Waals surface area (Å²) in [5.41, 5.74) is 2.25. The zero-order valence-corrected chi connectivity index (χ0v) is 21.6. The number of likely N-dealkylation sites (N-methyl/N-ethyl adjacent to an activating group) is 1. The van der Waals surface area contributed by atoms with E-state index in [0.29, 0.717) is 12.1 Å². The molecule has 1 saturated carbocycles. The summed E-state index contributed by atoms with van der Waals surface area (Å²) in [5, 5.41) is 23.4. The number of hydrogen-bond acceptors (Lipinski definition) is 7. The quantitative estimate of drug-likeness (QED) is 0.367. The van der Waals surface area contributed by atoms with E-state index in [-0.39, 0.29) is 18.2 Å². The molecule has 4 N–H and O–H groups in total. The molecule has 39 heavy (non-hydrogen) atoms. The van der Waals surface area contributed by atoms with Crippen molar-refractivity contribution >= 4 is 23.3 Å². The first-order chi connectivity index (χ1) is 18.3. The van der Waals surface area contributed by atoms with Gasteiger partial charge in [0.15, 0.2) is 11.6 Å². The molecule has 0 bridgehead atoms. The van der Waals surface area contributed by atoms with Crippen LogP contribution in [-0.2, 0) is 11.3 Å². The number of piperazine rings is 1. The first kappa shape index (κ1) is 30.0. The molecule has 2 aromatic carbocycles. The molecule has 0 radical (unpaired) electrons. The van der Waals surface area contributed by atoms with Crippen LogP contribution in [0.3, 0.4) is 0 Å². The van der Waals surface area contributed by atoms with Crippen LogP contribution in [0.25, 0.3) is 0 Å². The molecular formula is C26H32F4N4O5. The number of aliphatic hydroxyl groups is 1. The van der Waals surface area contributed by atoms with Crippen molar-refractivity contribution in [3.05, 3.63) is 53.3 Å². The van der Waals surface area contributed by atoms with Crippen molar-refractivity contribution in [2.45, 2.75) is 31.2 Å². The van der Waals surface area contributed by atoms with Gasteiger partial charge in [0.25, 0.3) is 5.91 Å². The van der Waals surface area contributed by atoms with E-state index in [4.69, 9.17) is 14.6 Å². The highest BCUT2D eigenvalue weighted by Crippen LogP contribution is 2.34. The number of rotatable bonds is 8. The Balaban J connectivity index is 0.000000532. The molecule has 2 fully saturated rings. The fraction of sp³-hybridized carbons (Fsp3) is 0.462. The SMILES string of the molecule is COc1ccc(CNc2ccc(N3CCN(C)CC3)c(C(=O)NCC3(O)CC3)c2)cc1F.O=C(O)C(F)(F)F. The lowest BCUT2D eigenvalue weighted by molar-refractivity contribution is -0.192. The minimum absolute atomic E-state index is 0.196. The minimum atomic E-state index is -5.08. The standard InChI is InChI=1S/C24H31FN4O3.C2HF3O2/c1-28-9-11-29(12-10-28)21-5-4-18(14-19(21)23(30)27-16-24(31)7-8-24)26-15-17-3-6-22(32-2)20(25)13-17;3-2(4,5)1(6)7/h3-6,13-14,26,31H,7-12,15-16H2,1-2H3,(H,27,30);(H,6,7). The molecule has 0 atom stereocenters. The second-order valence-electron chi connectivity index (χ2n) is 9.55. The van der Waals surface area contributed by atoms with Gasteiger partial charge in [0.05, 0.1) is 18.3 Å². The number of amides is 1. The number of carbonyl (C=O) groups is 2. The highest BCUT2D eigenvalue weighted by molar-refractivity contribution is 6.01. The molecule has 214 valence electrons. The van der Waals surface area contributed by atoms with Gasteiger partial charge in [0.1, 0.15) is 0 Å². The van der Waals surface area contributed by atoms with Crippen molar-refractivity contribution in [1.29, 1.82) is 0 Å². The van der Waals surface area contributed by atoms with Crippen molar-refractivity contribution < 1.29 is 42.1 Å². The Hall–Kier alpha value is -3.58. The van der Waals surface area contributed by atoms with Crippen LogP contribution in [0, 0.1) is 5.82 Å². The summed E-state index contributed by atoms with van der Waals surface area (Å²) in [5.74, 6) is -3.15. The molecule has 2 aliphatic rings. The van der Waals surface area contributed by atoms with Gasteiger partial charge in [-0.3, -0.25) is 4.79 Å². The van der Waals surface area contributed by atoms with E-state index >= 15 is 0 Å². The van der Waals surface area contributed by atoms with Crippen LogP contribution in [0.5, 0.6) is 5.75 Å². The van der Waals surface area contributed by atoms with Gasteiger partial charge in [-0.1, -0.05) is 6.07 Å². The lowest BCUT2D eigenvalue weighted by atomic mass is 10.1. The summed E-state index contributed by atoms with van der Waals surface area (Å²) in [6.07, 6.45) is -3.64. The highest BCUT2D eigenvalue weighted by atomic mass is 19.4. The number of nitrogens with one attached hydrogen (secondary N) is 2. The zero-order valence-electron chi connectivity index (χ0n) is 21.6. The van der Waals surface area contributed by atoms with E-state index in [9.17, 15) is 27.5 Å². The summed E-state index contributed by atoms with van der Waals surface area (Å²) >= 11 is 0. The van der Waals surface area contributed by atoms with Crippen molar-refractivity contribution in [3.63, 3.8) is 0 Å². The van der Waals surface area contributed by atoms with Crippen molar-refractivity contribution in [3.8, 4) is 5.75 Å². The van der Waals surface area contributed by atoms with E-state index in [1.165, 1.54) is 13.2 Å². The normalized spacial score (nSPS) is 16.5. The molecule has 1 heterocycles. The monoisotopic (exact) mass is 556 g/mol. The molecule has 1 aliphatic heterocycles. The smallest absolute Gasteiger partial charge is 0.490 e. The zero-order chi connectivity index (χ0) is 28.8. The maximum atomic E-state index is 14.0. The lowest BCUT2D eigenvalue weighted by Gasteiger charge is -2.35. The van der Waals surface area contributed by atoms with E-state index in [2.05, 4.69) is 27.5 Å². The van der Waals surface area contributed by atoms with Gasteiger partial charge in [0, 0.05) is 50.6 Å². The van der Waals surface area contributed by atoms with Crippen LogP contribution in [0.2, 0.25) is 0 Å². The van der Waals surface area contributed by atoms with Crippen molar-refractivity contribution in [2.24, 2.45) is 0 Å². The molecule has 9 nitrogen and oxygen atoms in total. The number of carbonyl (C=O) groups excluding carboxylic acids is 1. The number of halogens is 4. The van der Waals surface area contributed by atoms with Gasteiger partial charge in [-0.2, -0.15) is 13.2 Å². The third-order valence-electron chi connectivity index (χ3n) is 6.45. The molecular weight excluding hydrogens is 524 g/mol. The Kier molecular flexibility index (Phi) is 9.62. The van der Waals surface area contributed by atoms with Gasteiger partial charge in [0.2, 0.25) is 0 Å². The van der Waals surface area contributed by atoms with Crippen LogP contribution in [0.4, 0.5) is 28.9 Å². The topological polar surface area (TPSA) is 114 Å². The van der Waals surface area contributed by atoms with Gasteiger partial charge in [-0.25, -0.2) is 9.18 Å². The van der Waals surface area contributed by atoms with Crippen molar-refractivity contribution in [2.75, 3.05) is 57.1 Å². The number of carboxylic acids is 1. The molecule has 0 aromatic heterocycles. The Morgan fingerprint density at radius 2 is 1.72 bits per heavy atom. The Labute approximate surface area is 223 Å². The van der Waals surface area contributed by atoms with Crippen molar-refractivity contribution in [1.82, 2.24) is 10.2 Å². The molecule has 4 rings (SSSR count). The van der Waals surface area contributed by atoms with Crippen LogP contribution in [0.1, 0.15) is 28.8 Å². The lowest BCUT2D eigenvalue weighted by Crippen LogP contribution is -2.45. The first-order valence-corrected chi connectivity index (χ1v) is 12.3. The summed E-state index contributed by atoms with van der Waals surface area (Å²) in [7, 11) is 3.53. The fourth-order valence-electron chi connectivity index (χ4n) is 3.84. The number of methoxy groups -OCH3 is 1. The Bertz CT molecular complexity index is 1170. The van der Waals surface area contributed by atoms with Crippen LogP contribution >= 0.6 is 0 Å². The molecule has 1 amide bonds. The maximum Gasteiger partial charge on any atom is 0.490 e. The van der Waals surface area contributed by atoms with E-state index in [1.807, 2.05) is 18.2 Å². The maximum absolute atomic E-state index is 14.0. The molecule has 1 saturated heterocycles. The third kappa shape index (κ3) is 8.72. The van der Waals surface area contributed by atoms with Gasteiger partial charge < -0.3 is 35.4 Å². The van der Waals surface area contributed by atoms with Gasteiger partial charge in [-0.15, -0.1) is 0 Å². The van der Waals surface area contributed by atoms with Gasteiger partial charge >= 0.3 is 12.1 Å². The van der Waals surface area contributed by atoms with E-state index < -0.39 is 23.6 Å². The predicted octanol–water partition coefficient (Wildman–Crippen LogP) is 3.09. The predicted molar refractivity (Wildman–Crippen MR) is 137 cm³/mol. The summed E-state index contributed by atoms with van der Waals surface area (Å²) < 4.78 is 50.7. The average Bonchev–Trinajstić information content (AvgIpc) is 3.63. The molecule has 13 heteroatoms. The number of ether oxygens (including phenoxy) is 1. The minimum Gasteiger partial charge on any atom is -0.494 e. The number of nitrogens with zero attached hydrogens (tertiary/aromatic N) is 2. The number of aliphatic carboxylic acids is 1. The fourth-order valence-corrected chi connectivity index (χ4v) is 3.84. The van der Waals surface area contributed by atoms with Crippen LogP contribution in [0.15, 0.2) is 36.4 Å². The second-order valence-corrected chi connectivity index (χ2v) is 9.55. The Morgan fingerprint density at radius 3 is 2.26 bits per heavy atom. The van der Waals surface area contributed by atoms with Crippen LogP contribution < -0.4 is 20.3 Å². The highest BCUT2D eigenvalue weighted by Gasteiger charge is 2.40. The van der Waals surface area contributed by atoms with E-state index in [1.54, 1.807) is 12.1 Å². The number of carboxylic acid groups (broad SMARTS) is 1. The summed E-state index contributed by atoms with van der Waals surface area (Å²) in [6.45, 7) is 4.23. The number of anilines is 2. The summed E-state index contributed by atoms with van der Waals surface area (Å²) in [6, 6.07) is 10.6.